The third-order valence-electron chi connectivity index (χ3n) is 3.93. The Hall–Kier alpha value is -1.98. The van der Waals surface area contributed by atoms with Crippen molar-refractivity contribution in [3.8, 4) is 0 Å². The van der Waals surface area contributed by atoms with Gasteiger partial charge in [-0.05, 0) is 33.3 Å². The Kier molecular flexibility index (Phi) is 3.85. The van der Waals surface area contributed by atoms with E-state index in [0.29, 0.717) is 12.5 Å². The van der Waals surface area contributed by atoms with Crippen molar-refractivity contribution in [3.63, 3.8) is 0 Å². The molecule has 0 atom stereocenters. The highest BCUT2D eigenvalue weighted by Gasteiger charge is 2.30. The van der Waals surface area contributed by atoms with E-state index < -0.39 is 5.60 Å². The Bertz CT molecular complexity index is 562. The van der Waals surface area contributed by atoms with Crippen LogP contribution in [0, 0.1) is 5.92 Å². The van der Waals surface area contributed by atoms with Gasteiger partial charge in [-0.3, -0.25) is 0 Å². The summed E-state index contributed by atoms with van der Waals surface area (Å²) in [5.74, 6) is 1.50. The average Bonchev–Trinajstić information content (AvgIpc) is 2.83. The van der Waals surface area contributed by atoms with Crippen molar-refractivity contribution in [1.82, 2.24) is 10.3 Å². The second-order valence-corrected chi connectivity index (χ2v) is 6.99. The van der Waals surface area contributed by atoms with Gasteiger partial charge in [-0.15, -0.1) is 0 Å². The molecule has 0 bridgehead atoms. The van der Waals surface area contributed by atoms with Crippen LogP contribution in [-0.4, -0.2) is 42.9 Å². The van der Waals surface area contributed by atoms with Crippen LogP contribution in [0.1, 0.15) is 26.3 Å². The maximum atomic E-state index is 11.6. The fourth-order valence-corrected chi connectivity index (χ4v) is 2.92. The summed E-state index contributed by atoms with van der Waals surface area (Å²) in [6.45, 7) is 9.17. The zero-order valence-corrected chi connectivity index (χ0v) is 13.5. The summed E-state index contributed by atoms with van der Waals surface area (Å²) in [5.41, 5.74) is 2.16. The maximum Gasteiger partial charge on any atom is 0.407 e. The van der Waals surface area contributed by atoms with E-state index in [9.17, 15) is 4.79 Å². The zero-order valence-electron chi connectivity index (χ0n) is 13.5. The lowest BCUT2D eigenvalue weighted by atomic mass is 9.98. The number of carbonyl (C=O) groups excluding carboxylic acids is 1. The van der Waals surface area contributed by atoms with Crippen molar-refractivity contribution in [2.24, 2.45) is 5.92 Å². The van der Waals surface area contributed by atoms with Crippen molar-refractivity contribution in [3.05, 3.63) is 17.8 Å². The number of fused-ring (bicyclic) bond motifs is 1. The SMILES string of the molecule is CC(C)(C)OC(=O)NCC1CN(c2ccnc3c2CCN3)C1. The Morgan fingerprint density at radius 2 is 2.27 bits per heavy atom. The molecule has 0 aliphatic carbocycles. The molecule has 1 aromatic heterocycles. The monoisotopic (exact) mass is 304 g/mol. The van der Waals surface area contributed by atoms with Gasteiger partial charge in [0.2, 0.25) is 0 Å². The van der Waals surface area contributed by atoms with Crippen molar-refractivity contribution >= 4 is 17.6 Å². The second kappa shape index (κ2) is 5.66. The molecule has 6 nitrogen and oxygen atoms in total. The number of aromatic nitrogens is 1. The number of nitrogens with one attached hydrogen (secondary N) is 2. The molecule has 0 spiro atoms. The minimum Gasteiger partial charge on any atom is -0.444 e. The summed E-state index contributed by atoms with van der Waals surface area (Å²) in [6.07, 6.45) is 2.56. The van der Waals surface area contributed by atoms with Crippen LogP contribution in [0.25, 0.3) is 0 Å². The molecule has 0 radical (unpaired) electrons. The summed E-state index contributed by atoms with van der Waals surface area (Å²) in [6, 6.07) is 2.09. The van der Waals surface area contributed by atoms with E-state index in [-0.39, 0.29) is 6.09 Å². The third-order valence-corrected chi connectivity index (χ3v) is 3.93. The number of hydrogen-bond acceptors (Lipinski definition) is 5. The van der Waals surface area contributed by atoms with Crippen LogP contribution < -0.4 is 15.5 Å². The van der Waals surface area contributed by atoms with Gasteiger partial charge >= 0.3 is 6.09 Å². The number of ether oxygens (including phenoxy) is 1. The molecule has 1 fully saturated rings. The minimum atomic E-state index is -0.444. The van der Waals surface area contributed by atoms with E-state index in [1.807, 2.05) is 27.0 Å². The summed E-state index contributed by atoms with van der Waals surface area (Å²) in [7, 11) is 0. The topological polar surface area (TPSA) is 66.5 Å². The fraction of sp³-hybridized carbons (Fsp3) is 0.625. The van der Waals surface area contributed by atoms with E-state index in [0.717, 1.165) is 31.9 Å². The van der Waals surface area contributed by atoms with Gasteiger partial charge in [0, 0.05) is 49.5 Å². The van der Waals surface area contributed by atoms with Gasteiger partial charge in [0.25, 0.3) is 0 Å². The van der Waals surface area contributed by atoms with Crippen molar-refractivity contribution < 1.29 is 9.53 Å². The number of rotatable bonds is 3. The highest BCUT2D eigenvalue weighted by Crippen LogP contribution is 2.33. The van der Waals surface area contributed by atoms with Gasteiger partial charge in [-0.2, -0.15) is 0 Å². The maximum absolute atomic E-state index is 11.6. The van der Waals surface area contributed by atoms with Crippen LogP contribution in [0.15, 0.2) is 12.3 Å². The Labute approximate surface area is 131 Å². The number of anilines is 2. The first kappa shape index (κ1) is 14.9. The van der Waals surface area contributed by atoms with E-state index in [2.05, 4.69) is 26.6 Å². The zero-order chi connectivity index (χ0) is 15.7. The number of pyridine rings is 1. The molecule has 2 N–H and O–H groups in total. The van der Waals surface area contributed by atoms with E-state index in [1.54, 1.807) is 0 Å². The highest BCUT2D eigenvalue weighted by atomic mass is 16.6. The van der Waals surface area contributed by atoms with Crippen molar-refractivity contribution in [2.75, 3.05) is 36.4 Å². The molecule has 120 valence electrons. The smallest absolute Gasteiger partial charge is 0.407 e. The van der Waals surface area contributed by atoms with Gasteiger partial charge in [0.05, 0.1) is 0 Å². The summed E-state index contributed by atoms with van der Waals surface area (Å²) < 4.78 is 5.25. The molecule has 2 aliphatic rings. The lowest BCUT2D eigenvalue weighted by Gasteiger charge is -2.42. The largest absolute Gasteiger partial charge is 0.444 e. The number of carbonyl (C=O) groups is 1. The molecule has 1 amide bonds. The second-order valence-electron chi connectivity index (χ2n) is 6.99. The molecule has 22 heavy (non-hydrogen) atoms. The fourth-order valence-electron chi connectivity index (χ4n) is 2.92. The molecule has 3 rings (SSSR count). The number of hydrogen-bond donors (Lipinski definition) is 2. The summed E-state index contributed by atoms with van der Waals surface area (Å²) in [5, 5.41) is 6.16. The van der Waals surface area contributed by atoms with Gasteiger partial charge < -0.3 is 20.3 Å². The molecular formula is C16H24N4O2. The number of alkyl carbamates (subject to hydrolysis) is 1. The molecule has 2 aliphatic heterocycles. The standard InChI is InChI=1S/C16H24N4O2/c1-16(2,3)22-15(21)19-8-11-9-20(10-11)13-5-7-18-14-12(13)4-6-17-14/h5,7,11H,4,6,8-10H2,1-3H3,(H,17,18)(H,19,21). The Morgan fingerprint density at radius 1 is 1.50 bits per heavy atom. The normalized spacial score (nSPS) is 17.5. The van der Waals surface area contributed by atoms with E-state index in [4.69, 9.17) is 4.74 Å². The third kappa shape index (κ3) is 3.26. The lowest BCUT2D eigenvalue weighted by molar-refractivity contribution is 0.0516. The van der Waals surface area contributed by atoms with Crippen LogP contribution in [0.3, 0.4) is 0 Å². The Balaban J connectivity index is 1.47. The number of nitrogens with zero attached hydrogens (tertiary/aromatic N) is 2. The quantitative estimate of drug-likeness (QED) is 0.894. The number of amides is 1. The molecule has 1 saturated heterocycles. The van der Waals surface area contributed by atoms with Gasteiger partial charge in [-0.1, -0.05) is 0 Å². The molecule has 0 unspecified atom stereocenters. The van der Waals surface area contributed by atoms with Crippen molar-refractivity contribution in [2.45, 2.75) is 32.8 Å². The first-order valence-corrected chi connectivity index (χ1v) is 7.86. The average molecular weight is 304 g/mol. The van der Waals surface area contributed by atoms with Crippen LogP contribution in [-0.2, 0) is 11.2 Å². The molecule has 6 heteroatoms. The van der Waals surface area contributed by atoms with Gasteiger partial charge in [0.1, 0.15) is 11.4 Å². The van der Waals surface area contributed by atoms with Crippen LogP contribution >= 0.6 is 0 Å². The first-order valence-electron chi connectivity index (χ1n) is 7.86. The first-order chi connectivity index (χ1) is 10.4. The summed E-state index contributed by atoms with van der Waals surface area (Å²) >= 11 is 0. The minimum absolute atomic E-state index is 0.333. The highest BCUT2D eigenvalue weighted by molar-refractivity contribution is 5.68. The predicted octanol–water partition coefficient (Wildman–Crippen LogP) is 2.01. The van der Waals surface area contributed by atoms with Crippen LogP contribution in [0.4, 0.5) is 16.3 Å². The summed E-state index contributed by atoms with van der Waals surface area (Å²) in [4.78, 5) is 18.4. The molecule has 3 heterocycles. The molecule has 0 saturated carbocycles. The molecular weight excluding hydrogens is 280 g/mol. The predicted molar refractivity (Wildman–Crippen MR) is 86.4 cm³/mol. The van der Waals surface area contributed by atoms with E-state index >= 15 is 0 Å². The van der Waals surface area contributed by atoms with E-state index in [1.165, 1.54) is 11.3 Å². The molecule has 1 aromatic rings. The lowest BCUT2D eigenvalue weighted by Crippen LogP contribution is -2.52. The van der Waals surface area contributed by atoms with Crippen LogP contribution in [0.5, 0.6) is 0 Å². The van der Waals surface area contributed by atoms with Crippen molar-refractivity contribution in [1.29, 1.82) is 0 Å². The molecule has 0 aromatic carbocycles. The Morgan fingerprint density at radius 3 is 3.00 bits per heavy atom. The van der Waals surface area contributed by atoms with Crippen LogP contribution in [0.2, 0.25) is 0 Å². The van der Waals surface area contributed by atoms with Gasteiger partial charge in [0.15, 0.2) is 0 Å². The van der Waals surface area contributed by atoms with Gasteiger partial charge in [-0.25, -0.2) is 9.78 Å².